The number of carbonyl (C=O) groups excluding carboxylic acids is 1. The fraction of sp³-hybridized carbons (Fsp3) is 0.160. The van der Waals surface area contributed by atoms with Gasteiger partial charge >= 0.3 is 0 Å². The van der Waals surface area contributed by atoms with E-state index in [0.717, 1.165) is 20.8 Å². The number of fused-ring (bicyclic) bond motifs is 1. The highest BCUT2D eigenvalue weighted by molar-refractivity contribution is 8.00. The molecule has 4 rings (SSSR count). The lowest BCUT2D eigenvalue weighted by atomic mass is 10.2. The van der Waals surface area contributed by atoms with Crippen LogP contribution in [-0.2, 0) is 14.8 Å². The fourth-order valence-corrected chi connectivity index (χ4v) is 5.00. The van der Waals surface area contributed by atoms with Crippen LogP contribution in [0.2, 0.25) is 0 Å². The highest BCUT2D eigenvalue weighted by atomic mass is 32.2. The Kier molecular flexibility index (Phi) is 7.34. The summed E-state index contributed by atoms with van der Waals surface area (Å²) in [6, 6.07) is 21.3. The first-order chi connectivity index (χ1) is 16.8. The summed E-state index contributed by atoms with van der Waals surface area (Å²) in [6.45, 7) is 0. The number of benzene rings is 3. The number of nitrogens with zero attached hydrogens (tertiary/aromatic N) is 3. The number of ether oxygens (including phenoxy) is 1. The zero-order valence-corrected chi connectivity index (χ0v) is 21.1. The maximum absolute atomic E-state index is 12.7. The smallest absolute Gasteiger partial charge is 0.242 e. The lowest BCUT2D eigenvalue weighted by molar-refractivity contribution is -0.113. The van der Waals surface area contributed by atoms with E-state index in [-0.39, 0.29) is 16.6 Å². The third kappa shape index (κ3) is 5.61. The molecule has 0 aliphatic rings. The van der Waals surface area contributed by atoms with E-state index in [2.05, 4.69) is 10.3 Å². The van der Waals surface area contributed by atoms with E-state index < -0.39 is 10.0 Å². The SMILES string of the molecule is COc1ccc2nc(-c3ccccc3)nc(SCC(=O)Nc3ccc(S(=O)(=O)N(C)C)cc3)c2c1. The Morgan fingerprint density at radius 2 is 1.71 bits per heavy atom. The van der Waals surface area contributed by atoms with Crippen molar-refractivity contribution in [3.63, 3.8) is 0 Å². The summed E-state index contributed by atoms with van der Waals surface area (Å²) in [5, 5.41) is 4.25. The number of hydrogen-bond donors (Lipinski definition) is 1. The van der Waals surface area contributed by atoms with Crippen molar-refractivity contribution < 1.29 is 17.9 Å². The van der Waals surface area contributed by atoms with E-state index in [0.29, 0.717) is 22.3 Å². The van der Waals surface area contributed by atoms with Crippen LogP contribution in [0.4, 0.5) is 5.69 Å². The number of anilines is 1. The third-order valence-corrected chi connectivity index (χ3v) is 7.98. The Balaban J connectivity index is 1.54. The van der Waals surface area contributed by atoms with E-state index in [9.17, 15) is 13.2 Å². The second kappa shape index (κ2) is 10.4. The van der Waals surface area contributed by atoms with Gasteiger partial charge in [0.25, 0.3) is 0 Å². The summed E-state index contributed by atoms with van der Waals surface area (Å²) < 4.78 is 30.9. The number of hydrogen-bond acceptors (Lipinski definition) is 7. The number of thioether (sulfide) groups is 1. The molecule has 1 heterocycles. The Hall–Kier alpha value is -3.47. The zero-order chi connectivity index (χ0) is 25.0. The van der Waals surface area contributed by atoms with Crippen molar-refractivity contribution in [1.82, 2.24) is 14.3 Å². The van der Waals surface area contributed by atoms with Crippen molar-refractivity contribution in [3.8, 4) is 17.1 Å². The van der Waals surface area contributed by atoms with E-state index in [1.54, 1.807) is 19.2 Å². The predicted octanol–water partition coefficient (Wildman–Crippen LogP) is 4.29. The molecule has 1 aromatic heterocycles. The van der Waals surface area contributed by atoms with Gasteiger partial charge in [0, 0.05) is 30.7 Å². The largest absolute Gasteiger partial charge is 0.497 e. The Morgan fingerprint density at radius 3 is 2.37 bits per heavy atom. The van der Waals surface area contributed by atoms with Gasteiger partial charge in [0.1, 0.15) is 10.8 Å². The van der Waals surface area contributed by atoms with Crippen LogP contribution in [0, 0.1) is 0 Å². The molecule has 10 heteroatoms. The molecule has 0 radical (unpaired) electrons. The summed E-state index contributed by atoms with van der Waals surface area (Å²) in [4.78, 5) is 22.2. The summed E-state index contributed by atoms with van der Waals surface area (Å²) in [5.74, 6) is 1.11. The average Bonchev–Trinajstić information content (AvgIpc) is 2.87. The molecule has 0 unspecified atom stereocenters. The molecular weight excluding hydrogens is 484 g/mol. The topological polar surface area (TPSA) is 101 Å². The minimum Gasteiger partial charge on any atom is -0.497 e. The molecule has 0 bridgehead atoms. The maximum Gasteiger partial charge on any atom is 0.242 e. The van der Waals surface area contributed by atoms with Gasteiger partial charge in [0.05, 0.1) is 23.3 Å². The molecule has 0 aliphatic heterocycles. The maximum atomic E-state index is 12.7. The summed E-state index contributed by atoms with van der Waals surface area (Å²) in [7, 11) is 1.00. The zero-order valence-electron chi connectivity index (χ0n) is 19.4. The highest BCUT2D eigenvalue weighted by Gasteiger charge is 2.17. The molecule has 0 atom stereocenters. The molecule has 180 valence electrons. The summed E-state index contributed by atoms with van der Waals surface area (Å²) >= 11 is 1.30. The first-order valence-electron chi connectivity index (χ1n) is 10.6. The Morgan fingerprint density at radius 1 is 1.00 bits per heavy atom. The van der Waals surface area contributed by atoms with Gasteiger partial charge in [-0.3, -0.25) is 4.79 Å². The van der Waals surface area contributed by atoms with Gasteiger partial charge in [-0.15, -0.1) is 0 Å². The second-order valence-electron chi connectivity index (χ2n) is 7.75. The molecule has 0 saturated heterocycles. The monoisotopic (exact) mass is 508 g/mol. The molecule has 1 amide bonds. The molecule has 35 heavy (non-hydrogen) atoms. The summed E-state index contributed by atoms with van der Waals surface area (Å²) in [5.41, 5.74) is 2.14. The van der Waals surface area contributed by atoms with Gasteiger partial charge in [-0.1, -0.05) is 42.1 Å². The van der Waals surface area contributed by atoms with Crippen molar-refractivity contribution in [2.24, 2.45) is 0 Å². The van der Waals surface area contributed by atoms with Crippen molar-refractivity contribution in [2.45, 2.75) is 9.92 Å². The van der Waals surface area contributed by atoms with Crippen LogP contribution in [-0.4, -0.2) is 55.6 Å². The van der Waals surface area contributed by atoms with Crippen LogP contribution in [0.25, 0.3) is 22.3 Å². The van der Waals surface area contributed by atoms with Crippen molar-refractivity contribution in [1.29, 1.82) is 0 Å². The predicted molar refractivity (Wildman–Crippen MR) is 138 cm³/mol. The van der Waals surface area contributed by atoms with E-state index in [4.69, 9.17) is 9.72 Å². The third-order valence-electron chi connectivity index (χ3n) is 5.16. The van der Waals surface area contributed by atoms with Gasteiger partial charge in [0.2, 0.25) is 15.9 Å². The molecular formula is C25H24N4O4S2. The molecule has 4 aromatic rings. The number of amides is 1. The van der Waals surface area contributed by atoms with Crippen LogP contribution in [0.1, 0.15) is 0 Å². The summed E-state index contributed by atoms with van der Waals surface area (Å²) in [6.07, 6.45) is 0. The average molecular weight is 509 g/mol. The van der Waals surface area contributed by atoms with Crippen molar-refractivity contribution in [3.05, 3.63) is 72.8 Å². The second-order valence-corrected chi connectivity index (χ2v) is 10.9. The number of rotatable bonds is 8. The highest BCUT2D eigenvalue weighted by Crippen LogP contribution is 2.31. The minimum atomic E-state index is -3.53. The number of aromatic nitrogens is 2. The minimum absolute atomic E-state index is 0.106. The van der Waals surface area contributed by atoms with Crippen LogP contribution >= 0.6 is 11.8 Å². The molecule has 0 aliphatic carbocycles. The van der Waals surface area contributed by atoms with Crippen molar-refractivity contribution in [2.75, 3.05) is 32.3 Å². The van der Waals surface area contributed by atoms with Crippen LogP contribution in [0.15, 0.2) is 82.7 Å². The lowest BCUT2D eigenvalue weighted by Gasteiger charge is -2.12. The van der Waals surface area contributed by atoms with E-state index in [1.807, 2.05) is 48.5 Å². The number of carbonyl (C=O) groups is 1. The van der Waals surface area contributed by atoms with E-state index in [1.165, 1.54) is 38.0 Å². The van der Waals surface area contributed by atoms with Crippen molar-refractivity contribution >= 4 is 44.3 Å². The normalized spacial score (nSPS) is 11.5. The molecule has 1 N–H and O–H groups in total. The van der Waals surface area contributed by atoms with Gasteiger partial charge in [-0.25, -0.2) is 22.7 Å². The van der Waals surface area contributed by atoms with Crippen LogP contribution < -0.4 is 10.1 Å². The Bertz CT molecular complexity index is 1460. The van der Waals surface area contributed by atoms with Gasteiger partial charge in [-0.05, 0) is 42.5 Å². The van der Waals surface area contributed by atoms with Crippen LogP contribution in [0.5, 0.6) is 5.75 Å². The van der Waals surface area contributed by atoms with Crippen LogP contribution in [0.3, 0.4) is 0 Å². The Labute approximate surface area is 208 Å². The first kappa shape index (κ1) is 24.6. The molecule has 3 aromatic carbocycles. The number of sulfonamides is 1. The lowest BCUT2D eigenvalue weighted by Crippen LogP contribution is -2.22. The van der Waals surface area contributed by atoms with Gasteiger partial charge < -0.3 is 10.1 Å². The fourth-order valence-electron chi connectivity index (χ4n) is 3.28. The van der Waals surface area contributed by atoms with Gasteiger partial charge in [0.15, 0.2) is 5.82 Å². The van der Waals surface area contributed by atoms with Gasteiger partial charge in [-0.2, -0.15) is 0 Å². The standard InChI is InChI=1S/C25H24N4O4S2/c1-29(2)35(31,32)20-12-9-18(10-13-20)26-23(30)16-34-25-21-15-19(33-3)11-14-22(21)27-24(28-25)17-7-5-4-6-8-17/h4-15H,16H2,1-3H3,(H,26,30). The number of nitrogens with one attached hydrogen (secondary N) is 1. The quantitative estimate of drug-likeness (QED) is 0.280. The molecule has 0 saturated carbocycles. The molecule has 8 nitrogen and oxygen atoms in total. The first-order valence-corrected chi connectivity index (χ1v) is 13.1. The molecule has 0 spiro atoms. The molecule has 0 fully saturated rings. The number of methoxy groups -OCH3 is 1. The van der Waals surface area contributed by atoms with E-state index >= 15 is 0 Å².